The highest BCUT2D eigenvalue weighted by Gasteiger charge is 2.24. The normalized spacial score (nSPS) is 14.7. The second-order valence-corrected chi connectivity index (χ2v) is 14.0. The van der Waals surface area contributed by atoms with Crippen LogP contribution >= 0.6 is 0 Å². The van der Waals surface area contributed by atoms with Gasteiger partial charge in [-0.2, -0.15) is 0 Å². The second kappa shape index (κ2) is 12.6. The number of fused-ring (bicyclic) bond motifs is 7. The summed E-state index contributed by atoms with van der Waals surface area (Å²) in [5, 5.41) is 8.38. The molecular weight excluding hydrogens is 675 g/mol. The molecule has 5 heteroatoms. The van der Waals surface area contributed by atoms with Crippen molar-refractivity contribution in [3.8, 4) is 39.8 Å². The van der Waals surface area contributed by atoms with Gasteiger partial charge in [-0.25, -0.2) is 4.99 Å². The van der Waals surface area contributed by atoms with Crippen molar-refractivity contribution in [1.82, 2.24) is 9.88 Å². The van der Waals surface area contributed by atoms with Crippen LogP contribution in [0.15, 0.2) is 193 Å². The zero-order chi connectivity index (χ0) is 36.3. The minimum Gasteiger partial charge on any atom is -0.449 e. The van der Waals surface area contributed by atoms with E-state index in [1.54, 1.807) is 0 Å². The summed E-state index contributed by atoms with van der Waals surface area (Å²) < 4.78 is 15.2. The molecule has 9 aromatic rings. The Morgan fingerprint density at radius 3 is 1.93 bits per heavy atom. The van der Waals surface area contributed by atoms with E-state index in [-0.39, 0.29) is 6.04 Å². The van der Waals surface area contributed by atoms with E-state index in [0.29, 0.717) is 17.2 Å². The molecule has 1 aromatic heterocycles. The van der Waals surface area contributed by atoms with Crippen molar-refractivity contribution in [2.75, 3.05) is 0 Å². The predicted molar refractivity (Wildman–Crippen MR) is 224 cm³/mol. The Morgan fingerprint density at radius 2 is 1.13 bits per heavy atom. The molecule has 0 aliphatic carbocycles. The highest BCUT2D eigenvalue weighted by molar-refractivity contribution is 6.19. The van der Waals surface area contributed by atoms with E-state index < -0.39 is 0 Å². The summed E-state index contributed by atoms with van der Waals surface area (Å²) in [7, 11) is 0. The Balaban J connectivity index is 1.04. The third-order valence-corrected chi connectivity index (χ3v) is 10.7. The number of amidine groups is 1. The predicted octanol–water partition coefficient (Wildman–Crippen LogP) is 12.6. The highest BCUT2D eigenvalue weighted by atomic mass is 16.6. The van der Waals surface area contributed by atoms with Gasteiger partial charge in [0, 0.05) is 33.5 Å². The van der Waals surface area contributed by atoms with Gasteiger partial charge in [0.2, 0.25) is 0 Å². The number of benzene rings is 8. The zero-order valence-electron chi connectivity index (χ0n) is 29.7. The van der Waals surface area contributed by atoms with Gasteiger partial charge in [-0.1, -0.05) is 140 Å². The first kappa shape index (κ1) is 31.2. The third kappa shape index (κ3) is 5.36. The van der Waals surface area contributed by atoms with Crippen LogP contribution in [0.2, 0.25) is 0 Å². The molecule has 2 aliphatic heterocycles. The topological polar surface area (TPSA) is 47.8 Å². The van der Waals surface area contributed by atoms with E-state index >= 15 is 0 Å². The molecule has 0 fully saturated rings. The van der Waals surface area contributed by atoms with E-state index in [1.165, 1.54) is 10.8 Å². The number of hydrogen-bond donors (Lipinski definition) is 1. The molecule has 0 saturated carbocycles. The largest absolute Gasteiger partial charge is 0.449 e. The van der Waals surface area contributed by atoms with Gasteiger partial charge in [-0.05, 0) is 70.1 Å². The molecule has 260 valence electrons. The third-order valence-electron chi connectivity index (χ3n) is 10.7. The quantitative estimate of drug-likeness (QED) is 0.194. The van der Waals surface area contributed by atoms with Crippen LogP contribution < -0.4 is 14.8 Å². The van der Waals surface area contributed by atoms with Gasteiger partial charge in [0.1, 0.15) is 5.84 Å². The van der Waals surface area contributed by atoms with Crippen molar-refractivity contribution in [3.05, 3.63) is 205 Å². The SMILES string of the molecule is C1=C(c2ccccc2)N=C(c2ccccc2)NC1c1cccc(-c2cccc(-n3c4cc5c(cc4c4ccc6ccccc6c43)Oc3ccccc3O5)c2)c1. The van der Waals surface area contributed by atoms with Gasteiger partial charge in [-0.3, -0.25) is 0 Å². The van der Waals surface area contributed by atoms with E-state index in [9.17, 15) is 0 Å². The maximum absolute atomic E-state index is 6.44. The van der Waals surface area contributed by atoms with Gasteiger partial charge in [0.15, 0.2) is 23.0 Å². The molecule has 8 aromatic carbocycles. The maximum atomic E-state index is 6.44. The van der Waals surface area contributed by atoms with Crippen LogP contribution in [0.5, 0.6) is 23.0 Å². The van der Waals surface area contributed by atoms with Crippen molar-refractivity contribution in [2.45, 2.75) is 6.04 Å². The van der Waals surface area contributed by atoms with Crippen LogP contribution in [0.3, 0.4) is 0 Å². The van der Waals surface area contributed by atoms with Crippen LogP contribution in [-0.2, 0) is 0 Å². The first-order valence-corrected chi connectivity index (χ1v) is 18.6. The molecule has 0 spiro atoms. The molecule has 0 amide bonds. The molecule has 1 unspecified atom stereocenters. The van der Waals surface area contributed by atoms with Crippen molar-refractivity contribution < 1.29 is 9.47 Å². The lowest BCUT2D eigenvalue weighted by atomic mass is 9.96. The van der Waals surface area contributed by atoms with E-state index in [2.05, 4.69) is 162 Å². The molecule has 5 nitrogen and oxygen atoms in total. The number of para-hydroxylation sites is 2. The van der Waals surface area contributed by atoms with Crippen molar-refractivity contribution >= 4 is 44.1 Å². The Bertz CT molecular complexity index is 3020. The molecule has 0 bridgehead atoms. The fraction of sp³-hybridized carbons (Fsp3) is 0.0200. The molecule has 2 aliphatic rings. The van der Waals surface area contributed by atoms with E-state index in [0.717, 1.165) is 72.6 Å². The summed E-state index contributed by atoms with van der Waals surface area (Å²) in [4.78, 5) is 5.08. The van der Waals surface area contributed by atoms with Gasteiger partial charge >= 0.3 is 0 Å². The van der Waals surface area contributed by atoms with E-state index in [4.69, 9.17) is 14.5 Å². The van der Waals surface area contributed by atoms with Crippen LogP contribution in [0.25, 0.3) is 55.1 Å². The summed E-state index contributed by atoms with van der Waals surface area (Å²) in [6, 6.07) is 63.5. The maximum Gasteiger partial charge on any atom is 0.172 e. The molecule has 3 heterocycles. The van der Waals surface area contributed by atoms with Gasteiger partial charge < -0.3 is 19.4 Å². The number of ether oxygens (including phenoxy) is 2. The summed E-state index contributed by atoms with van der Waals surface area (Å²) in [6.07, 6.45) is 2.23. The van der Waals surface area contributed by atoms with Crippen molar-refractivity contribution in [2.24, 2.45) is 4.99 Å². The number of aromatic nitrogens is 1. The Morgan fingerprint density at radius 1 is 0.473 bits per heavy atom. The lowest BCUT2D eigenvalue weighted by Crippen LogP contribution is -2.31. The van der Waals surface area contributed by atoms with Gasteiger partial charge in [-0.15, -0.1) is 0 Å². The molecule has 1 atom stereocenters. The minimum absolute atomic E-state index is 0.0757. The number of rotatable bonds is 5. The van der Waals surface area contributed by atoms with Gasteiger partial charge in [0.05, 0.1) is 22.8 Å². The van der Waals surface area contributed by atoms with E-state index in [1.807, 2.05) is 36.4 Å². The summed E-state index contributed by atoms with van der Waals surface area (Å²) in [6.45, 7) is 0. The molecule has 1 N–H and O–H groups in total. The van der Waals surface area contributed by atoms with Gasteiger partial charge in [0.25, 0.3) is 0 Å². The lowest BCUT2D eigenvalue weighted by molar-refractivity contribution is 0.360. The standard InChI is InChI=1S/C50H33N3O2/c1-3-14-33(15-4-1)42-30-43(52-50(51-42)34-16-5-2-6-17-34)37-20-11-18-35(27-37)36-19-12-21-38(28-36)53-44-31-48-47(54-45-23-9-10-24-46(45)55-48)29-41(44)40-26-25-32-13-7-8-22-39(32)49(40)53/h1-31,43H,(H,51,52). The minimum atomic E-state index is -0.0757. The zero-order valence-corrected chi connectivity index (χ0v) is 29.7. The van der Waals surface area contributed by atoms with Crippen molar-refractivity contribution in [3.63, 3.8) is 0 Å². The smallest absolute Gasteiger partial charge is 0.172 e. The number of nitrogens with zero attached hydrogens (tertiary/aromatic N) is 2. The van der Waals surface area contributed by atoms with Crippen LogP contribution in [-0.4, -0.2) is 10.4 Å². The Hall–Kier alpha value is -7.37. The molecule has 0 radical (unpaired) electrons. The monoisotopic (exact) mass is 707 g/mol. The van der Waals surface area contributed by atoms with Crippen LogP contribution in [0.1, 0.15) is 22.7 Å². The molecule has 0 saturated heterocycles. The second-order valence-electron chi connectivity index (χ2n) is 14.0. The first-order chi connectivity index (χ1) is 27.2. The molecule has 55 heavy (non-hydrogen) atoms. The Labute approximate surface area is 318 Å². The van der Waals surface area contributed by atoms with Crippen LogP contribution in [0, 0.1) is 0 Å². The average Bonchev–Trinajstić information content (AvgIpc) is 3.59. The summed E-state index contributed by atoms with van der Waals surface area (Å²) in [5.74, 6) is 3.70. The fourth-order valence-electron chi connectivity index (χ4n) is 8.03. The average molecular weight is 708 g/mol. The van der Waals surface area contributed by atoms with Crippen molar-refractivity contribution in [1.29, 1.82) is 0 Å². The lowest BCUT2D eigenvalue weighted by Gasteiger charge is -2.25. The first-order valence-electron chi connectivity index (χ1n) is 18.6. The number of nitrogens with one attached hydrogen (secondary N) is 1. The van der Waals surface area contributed by atoms with Crippen LogP contribution in [0.4, 0.5) is 0 Å². The Kier molecular flexibility index (Phi) is 7.17. The summed E-state index contributed by atoms with van der Waals surface area (Å²) in [5.41, 5.74) is 9.79. The number of aliphatic imine (C=N–C) groups is 1. The fourth-order valence-corrected chi connectivity index (χ4v) is 8.03. The highest BCUT2D eigenvalue weighted by Crippen LogP contribution is 2.49. The number of hydrogen-bond acceptors (Lipinski definition) is 4. The summed E-state index contributed by atoms with van der Waals surface area (Å²) >= 11 is 0. The molecular formula is C50H33N3O2. The molecule has 11 rings (SSSR count).